The van der Waals surface area contributed by atoms with Gasteiger partial charge in [-0.3, -0.25) is 4.79 Å². The van der Waals surface area contributed by atoms with Crippen LogP contribution in [0.2, 0.25) is 0 Å². The summed E-state index contributed by atoms with van der Waals surface area (Å²) in [6.07, 6.45) is 16.8. The quantitative estimate of drug-likeness (QED) is 0.167. The highest BCUT2D eigenvalue weighted by Crippen LogP contribution is 2.17. The van der Waals surface area contributed by atoms with Crippen molar-refractivity contribution in [3.05, 3.63) is 0 Å². The fraction of sp³-hybridized carbons (Fsp3) is 0.960. The van der Waals surface area contributed by atoms with Gasteiger partial charge < -0.3 is 19.8 Å². The average Bonchev–Trinajstić information content (AvgIpc) is 2.75. The van der Waals surface area contributed by atoms with E-state index in [1.807, 2.05) is 0 Å². The van der Waals surface area contributed by atoms with Crippen LogP contribution in [0.1, 0.15) is 117 Å². The van der Waals surface area contributed by atoms with E-state index in [2.05, 4.69) is 18.7 Å². The first-order valence-corrected chi connectivity index (χ1v) is 12.8. The zero-order chi connectivity index (χ0) is 22.3. The number of esters is 1. The maximum Gasteiger partial charge on any atom is 0.306 e. The lowest BCUT2D eigenvalue weighted by Gasteiger charge is -2.20. The molecule has 0 atom stereocenters. The number of carbonyl (C=O) groups is 1. The van der Waals surface area contributed by atoms with E-state index < -0.39 is 0 Å². The molecule has 0 aromatic heterocycles. The highest BCUT2D eigenvalue weighted by molar-refractivity contribution is 5.69. The molecule has 0 aliphatic heterocycles. The summed E-state index contributed by atoms with van der Waals surface area (Å²) in [6, 6.07) is 0. The van der Waals surface area contributed by atoms with Gasteiger partial charge in [-0.1, -0.05) is 65.2 Å². The third-order valence-corrected chi connectivity index (χ3v) is 5.92. The topological polar surface area (TPSA) is 70.0 Å². The largest absolute Gasteiger partial charge is 0.462 e. The van der Waals surface area contributed by atoms with Crippen molar-refractivity contribution in [3.63, 3.8) is 0 Å². The summed E-state index contributed by atoms with van der Waals surface area (Å²) < 4.78 is 5.87. The number of aliphatic hydroxyl groups excluding tert-OH is 2. The van der Waals surface area contributed by atoms with Crippen LogP contribution in [0.4, 0.5) is 0 Å². The van der Waals surface area contributed by atoms with Crippen molar-refractivity contribution in [2.24, 2.45) is 0 Å². The summed E-state index contributed by atoms with van der Waals surface area (Å²) in [7, 11) is 0. The second-order valence-electron chi connectivity index (χ2n) is 8.51. The Bertz CT molecular complexity index is 343. The predicted octanol–water partition coefficient (Wildman–Crippen LogP) is 5.47. The van der Waals surface area contributed by atoms with E-state index in [0.717, 1.165) is 77.4 Å². The molecule has 0 spiro atoms. The van der Waals surface area contributed by atoms with Gasteiger partial charge in [-0.05, 0) is 64.6 Å². The summed E-state index contributed by atoms with van der Waals surface area (Å²) in [5, 5.41) is 17.7. The summed E-state index contributed by atoms with van der Waals surface area (Å²) in [4.78, 5) is 14.7. The molecule has 0 aliphatic carbocycles. The molecule has 0 radical (unpaired) electrons. The summed E-state index contributed by atoms with van der Waals surface area (Å²) in [5.41, 5.74) is 0. The number of aliphatic hydroxyl groups is 2. The van der Waals surface area contributed by atoms with Crippen molar-refractivity contribution in [3.8, 4) is 0 Å². The molecular formula is C25H51NO4. The SMILES string of the molecule is CCN(CC)CCCC(=O)OC(CCCCCCCCO)CCCCCCCCO. The standard InChI is InChI=1S/C25H51NO4/c1-3-26(4-2)21-17-20-25(29)30-24(18-13-9-5-7-11-15-22-27)19-14-10-6-8-12-16-23-28/h24,27-28H,3-23H2,1-2H3. The highest BCUT2D eigenvalue weighted by Gasteiger charge is 2.14. The molecule has 0 aliphatic rings. The fourth-order valence-electron chi connectivity index (χ4n) is 3.88. The lowest BCUT2D eigenvalue weighted by molar-refractivity contribution is -0.150. The van der Waals surface area contributed by atoms with Crippen molar-refractivity contribution in [2.75, 3.05) is 32.8 Å². The van der Waals surface area contributed by atoms with Gasteiger partial charge in [-0.15, -0.1) is 0 Å². The molecule has 0 rings (SSSR count). The fourth-order valence-corrected chi connectivity index (χ4v) is 3.88. The van der Waals surface area contributed by atoms with E-state index in [1.165, 1.54) is 38.5 Å². The molecule has 30 heavy (non-hydrogen) atoms. The minimum atomic E-state index is -0.0296. The van der Waals surface area contributed by atoms with Crippen LogP contribution in [0.25, 0.3) is 0 Å². The van der Waals surface area contributed by atoms with Gasteiger partial charge in [0, 0.05) is 19.6 Å². The van der Waals surface area contributed by atoms with Crippen molar-refractivity contribution in [1.82, 2.24) is 4.90 Å². The van der Waals surface area contributed by atoms with E-state index in [9.17, 15) is 4.79 Å². The van der Waals surface area contributed by atoms with Crippen LogP contribution in [0, 0.1) is 0 Å². The number of unbranched alkanes of at least 4 members (excludes halogenated alkanes) is 10. The van der Waals surface area contributed by atoms with Crippen molar-refractivity contribution in [1.29, 1.82) is 0 Å². The molecule has 0 aromatic rings. The van der Waals surface area contributed by atoms with Crippen LogP contribution >= 0.6 is 0 Å². The van der Waals surface area contributed by atoms with E-state index in [1.54, 1.807) is 0 Å². The summed E-state index contributed by atoms with van der Waals surface area (Å²) in [6.45, 7) is 7.94. The van der Waals surface area contributed by atoms with Crippen LogP contribution < -0.4 is 0 Å². The summed E-state index contributed by atoms with van der Waals surface area (Å²) in [5.74, 6) is -0.0296. The molecule has 0 bridgehead atoms. The molecule has 5 nitrogen and oxygen atoms in total. The van der Waals surface area contributed by atoms with E-state index in [-0.39, 0.29) is 12.1 Å². The van der Waals surface area contributed by atoms with Crippen LogP contribution in [0.3, 0.4) is 0 Å². The second kappa shape index (κ2) is 23.0. The van der Waals surface area contributed by atoms with Crippen molar-refractivity contribution in [2.45, 2.75) is 123 Å². The third-order valence-electron chi connectivity index (χ3n) is 5.92. The number of carbonyl (C=O) groups excluding carboxylic acids is 1. The Hall–Kier alpha value is -0.650. The van der Waals surface area contributed by atoms with Crippen molar-refractivity contribution >= 4 is 5.97 Å². The van der Waals surface area contributed by atoms with Gasteiger partial charge in [0.15, 0.2) is 0 Å². The molecule has 0 saturated heterocycles. The van der Waals surface area contributed by atoms with Crippen LogP contribution in [-0.2, 0) is 9.53 Å². The van der Waals surface area contributed by atoms with Crippen LogP contribution in [0.5, 0.6) is 0 Å². The lowest BCUT2D eigenvalue weighted by atomic mass is 10.0. The Balaban J connectivity index is 4.13. The summed E-state index contributed by atoms with van der Waals surface area (Å²) >= 11 is 0. The number of ether oxygens (including phenoxy) is 1. The van der Waals surface area contributed by atoms with Gasteiger partial charge in [-0.25, -0.2) is 0 Å². The molecule has 5 heteroatoms. The Morgan fingerprint density at radius 2 is 1.13 bits per heavy atom. The molecule has 0 fully saturated rings. The molecule has 2 N–H and O–H groups in total. The third kappa shape index (κ3) is 19.3. The normalized spacial score (nSPS) is 11.5. The van der Waals surface area contributed by atoms with Crippen LogP contribution in [0.15, 0.2) is 0 Å². The highest BCUT2D eigenvalue weighted by atomic mass is 16.5. The Kier molecular flexibility index (Phi) is 22.5. The van der Waals surface area contributed by atoms with E-state index >= 15 is 0 Å². The molecule has 0 unspecified atom stereocenters. The minimum Gasteiger partial charge on any atom is -0.462 e. The Morgan fingerprint density at radius 3 is 1.57 bits per heavy atom. The number of hydrogen-bond donors (Lipinski definition) is 2. The number of hydrogen-bond acceptors (Lipinski definition) is 5. The predicted molar refractivity (Wildman–Crippen MR) is 126 cm³/mol. The first-order valence-electron chi connectivity index (χ1n) is 12.8. The second-order valence-corrected chi connectivity index (χ2v) is 8.51. The first kappa shape index (κ1) is 29.4. The van der Waals surface area contributed by atoms with Gasteiger partial charge in [0.1, 0.15) is 6.10 Å². The van der Waals surface area contributed by atoms with Crippen LogP contribution in [-0.4, -0.2) is 60.0 Å². The van der Waals surface area contributed by atoms with Gasteiger partial charge in [0.05, 0.1) is 0 Å². The lowest BCUT2D eigenvalue weighted by Crippen LogP contribution is -2.25. The molecule has 180 valence electrons. The molecule has 0 heterocycles. The van der Waals surface area contributed by atoms with E-state index in [4.69, 9.17) is 14.9 Å². The van der Waals surface area contributed by atoms with Gasteiger partial charge in [0.2, 0.25) is 0 Å². The zero-order valence-electron chi connectivity index (χ0n) is 20.1. The maximum absolute atomic E-state index is 12.3. The molecule has 0 amide bonds. The molecule has 0 aromatic carbocycles. The van der Waals surface area contributed by atoms with Gasteiger partial charge in [0.25, 0.3) is 0 Å². The first-order chi connectivity index (χ1) is 14.7. The smallest absolute Gasteiger partial charge is 0.306 e. The van der Waals surface area contributed by atoms with Crippen molar-refractivity contribution < 1.29 is 19.7 Å². The Morgan fingerprint density at radius 1 is 0.700 bits per heavy atom. The average molecular weight is 430 g/mol. The Labute approximate surface area is 186 Å². The van der Waals surface area contributed by atoms with E-state index in [0.29, 0.717) is 19.6 Å². The minimum absolute atomic E-state index is 0.0296. The molecule has 0 saturated carbocycles. The van der Waals surface area contributed by atoms with Gasteiger partial charge in [-0.2, -0.15) is 0 Å². The van der Waals surface area contributed by atoms with Gasteiger partial charge >= 0.3 is 5.97 Å². The monoisotopic (exact) mass is 429 g/mol. The molecular weight excluding hydrogens is 378 g/mol. The number of nitrogens with zero attached hydrogens (tertiary/aromatic N) is 1. The number of rotatable bonds is 23. The maximum atomic E-state index is 12.3. The zero-order valence-corrected chi connectivity index (χ0v) is 20.1.